The number of aromatic nitrogens is 1. The van der Waals surface area contributed by atoms with Gasteiger partial charge in [-0.2, -0.15) is 0 Å². The fourth-order valence-electron chi connectivity index (χ4n) is 3.37. The second-order valence-corrected chi connectivity index (χ2v) is 8.16. The van der Waals surface area contributed by atoms with Gasteiger partial charge in [0.1, 0.15) is 22.1 Å². The van der Waals surface area contributed by atoms with Crippen molar-refractivity contribution in [1.82, 2.24) is 4.98 Å². The molecule has 7 heteroatoms. The Morgan fingerprint density at radius 1 is 1.00 bits per heavy atom. The van der Waals surface area contributed by atoms with Gasteiger partial charge in [0.25, 0.3) is 0 Å². The first-order chi connectivity index (χ1) is 15.6. The molecule has 0 bridgehead atoms. The Morgan fingerprint density at radius 2 is 1.78 bits per heavy atom. The van der Waals surface area contributed by atoms with Gasteiger partial charge in [0.05, 0.1) is 29.3 Å². The number of carbonyl (C=O) groups is 1. The molecule has 158 valence electrons. The summed E-state index contributed by atoms with van der Waals surface area (Å²) in [6.07, 6.45) is 0.114. The maximum absolute atomic E-state index is 12.6. The molecule has 0 aliphatic rings. The zero-order valence-corrected chi connectivity index (χ0v) is 17.8. The molecule has 3 aromatic carbocycles. The number of nitrogens with zero attached hydrogens (tertiary/aromatic N) is 1. The minimum Gasteiger partial charge on any atom is -0.497 e. The summed E-state index contributed by atoms with van der Waals surface area (Å²) in [5.74, 6) is 0.617. The number of thiazole rings is 1. The van der Waals surface area contributed by atoms with Crippen molar-refractivity contribution in [3.05, 3.63) is 88.8 Å². The summed E-state index contributed by atoms with van der Waals surface area (Å²) in [4.78, 5) is 29.5. The van der Waals surface area contributed by atoms with Crippen molar-refractivity contribution in [3.63, 3.8) is 0 Å². The molecule has 5 rings (SSSR count). The Kier molecular flexibility index (Phi) is 5.17. The van der Waals surface area contributed by atoms with Crippen molar-refractivity contribution < 1.29 is 18.7 Å². The third kappa shape index (κ3) is 3.98. The maximum Gasteiger partial charge on any atom is 0.346 e. The van der Waals surface area contributed by atoms with E-state index in [9.17, 15) is 9.59 Å². The number of hydrogen-bond donors (Lipinski definition) is 0. The number of hydrogen-bond acceptors (Lipinski definition) is 7. The van der Waals surface area contributed by atoms with Crippen molar-refractivity contribution in [2.45, 2.75) is 6.42 Å². The Morgan fingerprint density at radius 3 is 2.56 bits per heavy atom. The van der Waals surface area contributed by atoms with E-state index < -0.39 is 11.6 Å². The lowest BCUT2D eigenvalue weighted by atomic mass is 10.1. The van der Waals surface area contributed by atoms with Crippen molar-refractivity contribution in [2.24, 2.45) is 0 Å². The normalized spacial score (nSPS) is 11.0. The van der Waals surface area contributed by atoms with E-state index in [2.05, 4.69) is 4.98 Å². The van der Waals surface area contributed by atoms with Crippen LogP contribution in [0, 0.1) is 0 Å². The van der Waals surface area contributed by atoms with Crippen LogP contribution in [0.4, 0.5) is 0 Å². The molecule has 2 heterocycles. The molecule has 0 saturated heterocycles. The van der Waals surface area contributed by atoms with Gasteiger partial charge in [-0.05, 0) is 48.0 Å². The highest BCUT2D eigenvalue weighted by atomic mass is 32.1. The molecule has 0 atom stereocenters. The van der Waals surface area contributed by atoms with Crippen LogP contribution >= 0.6 is 11.3 Å². The number of fused-ring (bicyclic) bond motifs is 2. The van der Waals surface area contributed by atoms with Gasteiger partial charge in [-0.3, -0.25) is 4.79 Å². The summed E-state index contributed by atoms with van der Waals surface area (Å²) in [6, 6.07) is 21.6. The molecule has 0 unspecified atom stereocenters. The number of para-hydroxylation sites is 1. The molecule has 6 nitrogen and oxygen atoms in total. The van der Waals surface area contributed by atoms with Crippen LogP contribution in [0.1, 0.15) is 5.56 Å². The molecule has 32 heavy (non-hydrogen) atoms. The average molecular weight is 443 g/mol. The zero-order chi connectivity index (χ0) is 22.1. The van der Waals surface area contributed by atoms with E-state index in [0.29, 0.717) is 27.3 Å². The van der Waals surface area contributed by atoms with Crippen molar-refractivity contribution in [1.29, 1.82) is 0 Å². The van der Waals surface area contributed by atoms with Gasteiger partial charge >= 0.3 is 11.6 Å². The number of esters is 1. The highest BCUT2D eigenvalue weighted by Crippen LogP contribution is 2.30. The Balaban J connectivity index is 1.38. The summed E-state index contributed by atoms with van der Waals surface area (Å²) in [7, 11) is 1.59. The van der Waals surface area contributed by atoms with Gasteiger partial charge in [0.15, 0.2) is 0 Å². The quantitative estimate of drug-likeness (QED) is 0.210. The third-order valence-electron chi connectivity index (χ3n) is 4.97. The van der Waals surface area contributed by atoms with Crippen molar-refractivity contribution >= 4 is 38.5 Å². The largest absolute Gasteiger partial charge is 0.497 e. The van der Waals surface area contributed by atoms with Crippen molar-refractivity contribution in [2.75, 3.05) is 7.11 Å². The van der Waals surface area contributed by atoms with Crippen LogP contribution in [0.2, 0.25) is 0 Å². The lowest BCUT2D eigenvalue weighted by Gasteiger charge is -2.06. The monoisotopic (exact) mass is 443 g/mol. The van der Waals surface area contributed by atoms with Crippen LogP contribution in [0.3, 0.4) is 0 Å². The van der Waals surface area contributed by atoms with Crippen LogP contribution in [0.25, 0.3) is 31.8 Å². The highest BCUT2D eigenvalue weighted by molar-refractivity contribution is 7.21. The van der Waals surface area contributed by atoms with E-state index in [1.165, 1.54) is 11.3 Å². The fraction of sp³-hybridized carbons (Fsp3) is 0.0800. The molecule has 0 spiro atoms. The molecule has 0 amide bonds. The van der Waals surface area contributed by atoms with Crippen LogP contribution < -0.4 is 15.1 Å². The second-order valence-electron chi connectivity index (χ2n) is 7.13. The summed E-state index contributed by atoms with van der Waals surface area (Å²) in [5.41, 5.74) is 1.91. The Labute approximate surface area is 186 Å². The first kappa shape index (κ1) is 20.0. The SMILES string of the molecule is COc1ccc(CC(=O)Oc2ccc3cc(-c4nc5ccccc5s4)c(=O)oc3c2)cc1. The van der Waals surface area contributed by atoms with Crippen LogP contribution in [0.5, 0.6) is 11.5 Å². The molecule has 0 fully saturated rings. The van der Waals surface area contributed by atoms with Crippen LogP contribution in [-0.4, -0.2) is 18.1 Å². The third-order valence-corrected chi connectivity index (χ3v) is 6.04. The van der Waals surface area contributed by atoms with Gasteiger partial charge in [0, 0.05) is 11.5 Å². The maximum atomic E-state index is 12.6. The lowest BCUT2D eigenvalue weighted by Crippen LogP contribution is -2.11. The Hall–Kier alpha value is -3.97. The van der Waals surface area contributed by atoms with E-state index in [0.717, 1.165) is 21.5 Å². The summed E-state index contributed by atoms with van der Waals surface area (Å²) >= 11 is 1.44. The van der Waals surface area contributed by atoms with Crippen LogP contribution in [-0.2, 0) is 11.2 Å². The predicted molar refractivity (Wildman–Crippen MR) is 123 cm³/mol. The molecule has 0 N–H and O–H groups in total. The number of rotatable bonds is 5. The lowest BCUT2D eigenvalue weighted by molar-refractivity contribution is -0.133. The Bertz CT molecular complexity index is 1470. The van der Waals surface area contributed by atoms with E-state index in [1.54, 1.807) is 43.5 Å². The van der Waals surface area contributed by atoms with Gasteiger partial charge in [-0.15, -0.1) is 11.3 Å². The second kappa shape index (κ2) is 8.28. The topological polar surface area (TPSA) is 78.6 Å². The van der Waals surface area contributed by atoms with E-state index in [4.69, 9.17) is 13.9 Å². The summed E-state index contributed by atoms with van der Waals surface area (Å²) in [5, 5.41) is 1.32. The smallest absolute Gasteiger partial charge is 0.346 e. The number of ether oxygens (including phenoxy) is 2. The molecule has 0 saturated carbocycles. The fourth-order valence-corrected chi connectivity index (χ4v) is 4.34. The van der Waals surface area contributed by atoms with E-state index in [1.807, 2.05) is 36.4 Å². The molecular formula is C25H17NO5S. The molecule has 0 aliphatic carbocycles. The highest BCUT2D eigenvalue weighted by Gasteiger charge is 2.14. The van der Waals surface area contributed by atoms with Gasteiger partial charge in [0.2, 0.25) is 0 Å². The van der Waals surface area contributed by atoms with E-state index >= 15 is 0 Å². The first-order valence-electron chi connectivity index (χ1n) is 9.86. The zero-order valence-electron chi connectivity index (χ0n) is 17.0. The molecule has 0 radical (unpaired) electrons. The number of benzene rings is 3. The predicted octanol–water partition coefficient (Wildman–Crippen LogP) is 5.23. The summed E-state index contributed by atoms with van der Waals surface area (Å²) in [6.45, 7) is 0. The minimum absolute atomic E-state index is 0.114. The van der Waals surface area contributed by atoms with Gasteiger partial charge in [-0.25, -0.2) is 9.78 Å². The van der Waals surface area contributed by atoms with E-state index in [-0.39, 0.29) is 6.42 Å². The minimum atomic E-state index is -0.488. The summed E-state index contributed by atoms with van der Waals surface area (Å²) < 4.78 is 17.1. The molecule has 2 aromatic heterocycles. The molecule has 5 aromatic rings. The number of carbonyl (C=O) groups excluding carboxylic acids is 1. The number of methoxy groups -OCH3 is 1. The van der Waals surface area contributed by atoms with Gasteiger partial charge in [-0.1, -0.05) is 24.3 Å². The average Bonchev–Trinajstić information content (AvgIpc) is 3.23. The standard InChI is InChI=1S/C25H17NO5S/c1-29-17-9-6-15(7-10-17)12-23(27)30-18-11-8-16-13-19(25(28)31-21(16)14-18)24-26-20-4-2-3-5-22(20)32-24/h2-11,13-14H,12H2,1H3. The van der Waals surface area contributed by atoms with Crippen LogP contribution in [0.15, 0.2) is 82.0 Å². The molecule has 0 aliphatic heterocycles. The first-order valence-corrected chi connectivity index (χ1v) is 10.7. The van der Waals surface area contributed by atoms with Crippen molar-refractivity contribution in [3.8, 4) is 22.1 Å². The molecular weight excluding hydrogens is 426 g/mol. The van der Waals surface area contributed by atoms with Gasteiger partial charge < -0.3 is 13.9 Å².